The highest BCUT2D eigenvalue weighted by molar-refractivity contribution is 6.52. The summed E-state index contributed by atoms with van der Waals surface area (Å²) >= 11 is 0. The van der Waals surface area contributed by atoms with Crippen molar-refractivity contribution in [3.05, 3.63) is 35.1 Å². The van der Waals surface area contributed by atoms with E-state index in [1.54, 1.807) is 6.20 Å². The van der Waals surface area contributed by atoms with Gasteiger partial charge >= 0.3 is 7.12 Å². The maximum absolute atomic E-state index is 12.2. The van der Waals surface area contributed by atoms with Crippen LogP contribution in [-0.2, 0) is 11.2 Å². The average Bonchev–Trinajstić information content (AvgIpc) is 3.09. The molecule has 1 amide bonds. The fraction of sp³-hybridized carbons (Fsp3) is 0.474. The zero-order valence-corrected chi connectivity index (χ0v) is 14.7. The van der Waals surface area contributed by atoms with E-state index in [0.29, 0.717) is 24.6 Å². The minimum atomic E-state index is -0.961. The molecule has 2 unspecified atom stereocenters. The van der Waals surface area contributed by atoms with Gasteiger partial charge in [-0.25, -0.2) is 0 Å². The van der Waals surface area contributed by atoms with Gasteiger partial charge in [0.15, 0.2) is 0 Å². The summed E-state index contributed by atoms with van der Waals surface area (Å²) in [7, 11) is -0.961. The molecule has 1 aliphatic carbocycles. The molecule has 2 atom stereocenters. The zero-order valence-electron chi connectivity index (χ0n) is 14.7. The lowest BCUT2D eigenvalue weighted by molar-refractivity contribution is -0.132. The van der Waals surface area contributed by atoms with E-state index in [-0.39, 0.29) is 11.8 Å². The highest BCUT2D eigenvalue weighted by atomic mass is 16.5. The highest BCUT2D eigenvalue weighted by Gasteiger charge is 2.37. The van der Waals surface area contributed by atoms with Gasteiger partial charge in [0.25, 0.3) is 0 Å². The molecule has 4 rings (SSSR count). The predicted octanol–water partition coefficient (Wildman–Crippen LogP) is 2.34. The molecule has 0 bridgehead atoms. The van der Waals surface area contributed by atoms with Crippen molar-refractivity contribution in [2.75, 3.05) is 13.1 Å². The summed E-state index contributed by atoms with van der Waals surface area (Å²) in [6, 6.07) is 0. The number of piperidine rings is 1. The van der Waals surface area contributed by atoms with Crippen LogP contribution >= 0.6 is 0 Å². The second-order valence-electron chi connectivity index (χ2n) is 7.16. The second-order valence-corrected chi connectivity index (χ2v) is 7.16. The molecule has 1 aromatic heterocycles. The van der Waals surface area contributed by atoms with Crippen LogP contribution in [0.2, 0.25) is 0 Å². The standard InChI is InChI=1S/C19H23BN2O3/c1-3-18(23)22-8-7-12(2)15(11-22)14-9-20(24)25-17-10-21-16-6-4-5-13(16)19(14)17/h4-5,9-10,12,15,24H,3,6-8,11H2,1-2H3. The van der Waals surface area contributed by atoms with E-state index < -0.39 is 7.12 Å². The summed E-state index contributed by atoms with van der Waals surface area (Å²) in [5.41, 5.74) is 4.29. The lowest BCUT2D eigenvalue weighted by Gasteiger charge is -2.40. The maximum Gasteiger partial charge on any atom is 0.552 e. The quantitative estimate of drug-likeness (QED) is 0.841. The minimum Gasteiger partial charge on any atom is -0.531 e. The Kier molecular flexibility index (Phi) is 4.16. The monoisotopic (exact) mass is 338 g/mol. The van der Waals surface area contributed by atoms with Gasteiger partial charge in [-0.05, 0) is 23.9 Å². The van der Waals surface area contributed by atoms with Crippen molar-refractivity contribution in [1.29, 1.82) is 0 Å². The van der Waals surface area contributed by atoms with Crippen molar-refractivity contribution < 1.29 is 14.5 Å². The first kappa shape index (κ1) is 16.4. The van der Waals surface area contributed by atoms with Crippen molar-refractivity contribution >= 4 is 24.7 Å². The zero-order chi connectivity index (χ0) is 17.6. The van der Waals surface area contributed by atoms with E-state index in [2.05, 4.69) is 24.1 Å². The van der Waals surface area contributed by atoms with Gasteiger partial charge in [0.05, 0.1) is 11.9 Å². The van der Waals surface area contributed by atoms with Gasteiger partial charge in [0, 0.05) is 43.0 Å². The topological polar surface area (TPSA) is 62.7 Å². The number of carbonyl (C=O) groups is 1. The van der Waals surface area contributed by atoms with Gasteiger partial charge in [-0.2, -0.15) is 0 Å². The first-order valence-electron chi connectivity index (χ1n) is 9.11. The number of likely N-dealkylation sites (tertiary alicyclic amines) is 1. The molecule has 0 spiro atoms. The molecule has 1 aromatic rings. The smallest absolute Gasteiger partial charge is 0.531 e. The Morgan fingerprint density at radius 1 is 1.52 bits per heavy atom. The third-order valence-corrected chi connectivity index (χ3v) is 5.63. The van der Waals surface area contributed by atoms with Crippen LogP contribution in [0.3, 0.4) is 0 Å². The van der Waals surface area contributed by atoms with Crippen LogP contribution in [0.25, 0.3) is 11.6 Å². The number of fused-ring (bicyclic) bond motifs is 3. The van der Waals surface area contributed by atoms with Crippen LogP contribution in [0.4, 0.5) is 0 Å². The third kappa shape index (κ3) is 2.78. The van der Waals surface area contributed by atoms with Gasteiger partial charge in [-0.1, -0.05) is 26.0 Å². The Morgan fingerprint density at radius 3 is 3.16 bits per heavy atom. The molecule has 0 saturated carbocycles. The Bertz CT molecular complexity index is 774. The van der Waals surface area contributed by atoms with E-state index in [4.69, 9.17) is 4.65 Å². The molecule has 1 fully saturated rings. The summed E-state index contributed by atoms with van der Waals surface area (Å²) in [5, 5.41) is 10.2. The lowest BCUT2D eigenvalue weighted by atomic mass is 9.71. The molecule has 25 heavy (non-hydrogen) atoms. The molecule has 130 valence electrons. The van der Waals surface area contributed by atoms with Gasteiger partial charge in [-0.15, -0.1) is 0 Å². The van der Waals surface area contributed by atoms with Crippen molar-refractivity contribution in [1.82, 2.24) is 9.88 Å². The molecule has 1 N–H and O–H groups in total. The van der Waals surface area contributed by atoms with Crippen molar-refractivity contribution in [2.45, 2.75) is 33.1 Å². The first-order valence-corrected chi connectivity index (χ1v) is 9.11. The Hall–Kier alpha value is -2.08. The average molecular weight is 338 g/mol. The van der Waals surface area contributed by atoms with Crippen molar-refractivity contribution in [3.8, 4) is 5.75 Å². The van der Waals surface area contributed by atoms with E-state index >= 15 is 0 Å². The largest absolute Gasteiger partial charge is 0.552 e. The van der Waals surface area contributed by atoms with Crippen LogP contribution in [0.5, 0.6) is 5.75 Å². The number of hydrogen-bond acceptors (Lipinski definition) is 4. The second kappa shape index (κ2) is 6.34. The summed E-state index contributed by atoms with van der Waals surface area (Å²) in [5.74, 6) is 3.30. The number of aromatic nitrogens is 1. The maximum atomic E-state index is 12.2. The molecular formula is C19H23BN2O3. The third-order valence-electron chi connectivity index (χ3n) is 5.63. The number of hydrogen-bond donors (Lipinski definition) is 1. The first-order chi connectivity index (χ1) is 12.1. The van der Waals surface area contributed by atoms with Crippen molar-refractivity contribution in [2.24, 2.45) is 11.8 Å². The Balaban J connectivity index is 1.76. The molecule has 2 aliphatic heterocycles. The van der Waals surface area contributed by atoms with E-state index in [1.165, 1.54) is 0 Å². The predicted molar refractivity (Wildman–Crippen MR) is 97.7 cm³/mol. The van der Waals surface area contributed by atoms with E-state index in [9.17, 15) is 9.82 Å². The Labute approximate surface area is 148 Å². The van der Waals surface area contributed by atoms with Crippen LogP contribution in [0, 0.1) is 11.8 Å². The van der Waals surface area contributed by atoms with Gasteiger partial charge < -0.3 is 14.6 Å². The molecule has 0 aromatic carbocycles. The fourth-order valence-corrected chi connectivity index (χ4v) is 4.20. The Morgan fingerprint density at radius 2 is 2.36 bits per heavy atom. The fourth-order valence-electron chi connectivity index (χ4n) is 4.20. The molecular weight excluding hydrogens is 315 g/mol. The summed E-state index contributed by atoms with van der Waals surface area (Å²) < 4.78 is 5.61. The van der Waals surface area contributed by atoms with Crippen LogP contribution in [0.15, 0.2) is 18.2 Å². The van der Waals surface area contributed by atoms with Crippen LogP contribution in [-0.4, -0.2) is 41.0 Å². The summed E-state index contributed by atoms with van der Waals surface area (Å²) in [6.07, 6.45) is 8.27. The number of amides is 1. The van der Waals surface area contributed by atoms with Gasteiger partial charge in [0.2, 0.25) is 5.91 Å². The van der Waals surface area contributed by atoms with E-state index in [0.717, 1.165) is 41.8 Å². The van der Waals surface area contributed by atoms with E-state index in [1.807, 2.05) is 17.8 Å². The van der Waals surface area contributed by atoms with Crippen molar-refractivity contribution in [3.63, 3.8) is 0 Å². The summed E-state index contributed by atoms with van der Waals surface area (Å²) in [4.78, 5) is 18.6. The molecule has 3 aliphatic rings. The summed E-state index contributed by atoms with van der Waals surface area (Å²) in [6.45, 7) is 5.66. The molecule has 0 radical (unpaired) electrons. The minimum absolute atomic E-state index is 0.196. The highest BCUT2D eigenvalue weighted by Crippen LogP contribution is 2.44. The number of rotatable bonds is 2. The number of pyridine rings is 1. The molecule has 5 nitrogen and oxygen atoms in total. The van der Waals surface area contributed by atoms with Crippen LogP contribution in [0.1, 0.15) is 43.5 Å². The van der Waals surface area contributed by atoms with Gasteiger partial charge in [0.1, 0.15) is 5.75 Å². The number of carbonyl (C=O) groups excluding carboxylic acids is 1. The normalized spacial score (nSPS) is 24.5. The van der Waals surface area contributed by atoms with Crippen LogP contribution < -0.4 is 4.65 Å². The molecule has 1 saturated heterocycles. The SMILES string of the molecule is CCC(=O)N1CCC(C)C(C2=CB(O)Oc3cnc4c(c32)C=CC4)C1. The lowest BCUT2D eigenvalue weighted by Crippen LogP contribution is -2.44. The van der Waals surface area contributed by atoms with Gasteiger partial charge in [-0.3, -0.25) is 9.78 Å². The number of allylic oxidation sites excluding steroid dienone is 1. The molecule has 6 heteroatoms. The number of nitrogens with zero attached hydrogens (tertiary/aromatic N) is 2. The molecule has 3 heterocycles.